The van der Waals surface area contributed by atoms with E-state index >= 15 is 0 Å². The standard InChI is InChI=1S/C14H21ClN2O4S/c1-11(14(18)16-8-5-9-21-2)17(22(3,19)20)13-7-4-6-12(15)10-13/h4,6-7,10-11H,5,8-9H2,1-3H3,(H,16,18)/t11-/m0/s1. The number of amides is 1. The van der Waals surface area contributed by atoms with Gasteiger partial charge in [0.2, 0.25) is 15.9 Å². The predicted octanol–water partition coefficient (Wildman–Crippen LogP) is 1.65. The van der Waals surface area contributed by atoms with Crippen LogP contribution in [-0.2, 0) is 19.6 Å². The summed E-state index contributed by atoms with van der Waals surface area (Å²) in [7, 11) is -2.05. The fraction of sp³-hybridized carbons (Fsp3) is 0.500. The Balaban J connectivity index is 2.91. The van der Waals surface area contributed by atoms with Gasteiger partial charge in [-0.05, 0) is 31.5 Å². The predicted molar refractivity (Wildman–Crippen MR) is 87.7 cm³/mol. The smallest absolute Gasteiger partial charge is 0.243 e. The molecule has 0 aliphatic carbocycles. The maximum atomic E-state index is 12.2. The van der Waals surface area contributed by atoms with Crippen molar-refractivity contribution in [2.45, 2.75) is 19.4 Å². The molecule has 0 spiro atoms. The van der Waals surface area contributed by atoms with Gasteiger partial charge in [0.25, 0.3) is 0 Å². The zero-order valence-corrected chi connectivity index (χ0v) is 14.4. The first-order chi connectivity index (χ1) is 10.3. The van der Waals surface area contributed by atoms with Gasteiger partial charge in [-0.25, -0.2) is 8.42 Å². The van der Waals surface area contributed by atoms with Gasteiger partial charge in [-0.3, -0.25) is 9.10 Å². The van der Waals surface area contributed by atoms with Crippen molar-refractivity contribution in [1.29, 1.82) is 0 Å². The van der Waals surface area contributed by atoms with E-state index in [9.17, 15) is 13.2 Å². The number of carbonyl (C=O) groups is 1. The topological polar surface area (TPSA) is 75.7 Å². The van der Waals surface area contributed by atoms with Crippen molar-refractivity contribution in [3.63, 3.8) is 0 Å². The summed E-state index contributed by atoms with van der Waals surface area (Å²) in [5.41, 5.74) is 0.356. The van der Waals surface area contributed by atoms with Crippen LogP contribution in [0.4, 0.5) is 5.69 Å². The molecule has 0 saturated heterocycles. The van der Waals surface area contributed by atoms with Gasteiger partial charge in [-0.15, -0.1) is 0 Å². The average molecular weight is 349 g/mol. The van der Waals surface area contributed by atoms with Crippen molar-refractivity contribution in [2.24, 2.45) is 0 Å². The zero-order valence-electron chi connectivity index (χ0n) is 12.9. The molecule has 22 heavy (non-hydrogen) atoms. The molecule has 0 aromatic heterocycles. The number of rotatable bonds is 8. The van der Waals surface area contributed by atoms with Crippen LogP contribution in [0.25, 0.3) is 0 Å². The molecule has 0 saturated carbocycles. The summed E-state index contributed by atoms with van der Waals surface area (Å²) in [5.74, 6) is -0.374. The first-order valence-electron chi connectivity index (χ1n) is 6.79. The van der Waals surface area contributed by atoms with Gasteiger partial charge in [-0.2, -0.15) is 0 Å². The number of sulfonamides is 1. The first-order valence-corrected chi connectivity index (χ1v) is 9.01. The summed E-state index contributed by atoms with van der Waals surface area (Å²) in [6.45, 7) is 2.48. The number of halogens is 1. The van der Waals surface area contributed by atoms with Crippen LogP contribution in [0.2, 0.25) is 5.02 Å². The molecule has 1 rings (SSSR count). The van der Waals surface area contributed by atoms with Gasteiger partial charge in [-0.1, -0.05) is 17.7 Å². The third kappa shape index (κ3) is 5.47. The van der Waals surface area contributed by atoms with E-state index in [-0.39, 0.29) is 5.91 Å². The van der Waals surface area contributed by atoms with E-state index in [0.717, 1.165) is 10.6 Å². The molecule has 8 heteroatoms. The van der Waals surface area contributed by atoms with E-state index < -0.39 is 16.1 Å². The third-order valence-electron chi connectivity index (χ3n) is 2.98. The molecular formula is C14H21ClN2O4S. The van der Waals surface area contributed by atoms with E-state index in [1.54, 1.807) is 25.3 Å². The van der Waals surface area contributed by atoms with Crippen molar-refractivity contribution >= 4 is 33.2 Å². The van der Waals surface area contributed by atoms with Crippen molar-refractivity contribution in [1.82, 2.24) is 5.32 Å². The van der Waals surface area contributed by atoms with Gasteiger partial charge in [0.15, 0.2) is 0 Å². The van der Waals surface area contributed by atoms with Crippen molar-refractivity contribution in [3.05, 3.63) is 29.3 Å². The number of anilines is 1. The van der Waals surface area contributed by atoms with Crippen LogP contribution in [0.1, 0.15) is 13.3 Å². The van der Waals surface area contributed by atoms with Gasteiger partial charge >= 0.3 is 0 Å². The molecule has 0 bridgehead atoms. The molecule has 1 atom stereocenters. The Bertz CT molecular complexity index is 607. The van der Waals surface area contributed by atoms with Gasteiger partial charge in [0.05, 0.1) is 11.9 Å². The Labute approximate surface area is 136 Å². The second-order valence-electron chi connectivity index (χ2n) is 4.85. The van der Waals surface area contributed by atoms with Crippen LogP contribution in [0.3, 0.4) is 0 Å². The van der Waals surface area contributed by atoms with Crippen molar-refractivity contribution in [3.8, 4) is 0 Å². The number of hydrogen-bond acceptors (Lipinski definition) is 4. The monoisotopic (exact) mass is 348 g/mol. The number of nitrogens with zero attached hydrogens (tertiary/aromatic N) is 1. The summed E-state index contributed by atoms with van der Waals surface area (Å²) in [6, 6.07) is 5.51. The normalized spacial score (nSPS) is 12.7. The molecule has 1 aromatic rings. The largest absolute Gasteiger partial charge is 0.385 e. The average Bonchev–Trinajstić information content (AvgIpc) is 2.42. The molecule has 1 amide bonds. The highest BCUT2D eigenvalue weighted by Gasteiger charge is 2.28. The van der Waals surface area contributed by atoms with Gasteiger partial charge in [0, 0.05) is 25.3 Å². The lowest BCUT2D eigenvalue weighted by molar-refractivity contribution is -0.121. The Hall–Kier alpha value is -1.31. The maximum absolute atomic E-state index is 12.2. The molecular weight excluding hydrogens is 328 g/mol. The van der Waals surface area contributed by atoms with Crippen LogP contribution >= 0.6 is 11.6 Å². The Kier molecular flexibility index (Phi) is 7.12. The quantitative estimate of drug-likeness (QED) is 0.725. The SMILES string of the molecule is COCCCNC(=O)[C@H](C)N(c1cccc(Cl)c1)S(C)(=O)=O. The molecule has 0 unspecified atom stereocenters. The molecule has 0 aliphatic heterocycles. The Morgan fingerprint density at radius 1 is 1.45 bits per heavy atom. The first kappa shape index (κ1) is 18.7. The highest BCUT2D eigenvalue weighted by molar-refractivity contribution is 7.92. The van der Waals surface area contributed by atoms with Crippen LogP contribution in [0.5, 0.6) is 0 Å². The highest BCUT2D eigenvalue weighted by atomic mass is 35.5. The Morgan fingerprint density at radius 3 is 2.68 bits per heavy atom. The van der Waals surface area contributed by atoms with Crippen LogP contribution < -0.4 is 9.62 Å². The number of benzene rings is 1. The summed E-state index contributed by atoms with van der Waals surface area (Å²) in [5, 5.41) is 3.10. The summed E-state index contributed by atoms with van der Waals surface area (Å²) < 4.78 is 30.1. The fourth-order valence-electron chi connectivity index (χ4n) is 2.00. The lowest BCUT2D eigenvalue weighted by Crippen LogP contribution is -2.48. The molecule has 0 heterocycles. The van der Waals surface area contributed by atoms with E-state index in [2.05, 4.69) is 5.32 Å². The van der Waals surface area contributed by atoms with E-state index in [0.29, 0.717) is 30.3 Å². The number of nitrogens with one attached hydrogen (secondary N) is 1. The molecule has 6 nitrogen and oxygen atoms in total. The Morgan fingerprint density at radius 2 is 2.14 bits per heavy atom. The second-order valence-corrected chi connectivity index (χ2v) is 7.15. The number of ether oxygens (including phenoxy) is 1. The molecule has 0 aliphatic rings. The van der Waals surface area contributed by atoms with E-state index in [1.807, 2.05) is 0 Å². The minimum atomic E-state index is -3.63. The lowest BCUT2D eigenvalue weighted by atomic mass is 10.2. The number of methoxy groups -OCH3 is 1. The van der Waals surface area contributed by atoms with E-state index in [4.69, 9.17) is 16.3 Å². The summed E-state index contributed by atoms with van der Waals surface area (Å²) in [4.78, 5) is 12.2. The second kappa shape index (κ2) is 8.36. The third-order valence-corrected chi connectivity index (χ3v) is 4.45. The minimum absolute atomic E-state index is 0.356. The zero-order chi connectivity index (χ0) is 16.8. The number of carbonyl (C=O) groups excluding carboxylic acids is 1. The molecule has 0 radical (unpaired) electrons. The molecule has 0 fully saturated rings. The fourth-order valence-corrected chi connectivity index (χ4v) is 3.35. The minimum Gasteiger partial charge on any atom is -0.385 e. The van der Waals surface area contributed by atoms with Gasteiger partial charge in [0.1, 0.15) is 6.04 Å². The van der Waals surface area contributed by atoms with Gasteiger partial charge < -0.3 is 10.1 Å². The number of hydrogen-bond donors (Lipinski definition) is 1. The maximum Gasteiger partial charge on any atom is 0.243 e. The summed E-state index contributed by atoms with van der Waals surface area (Å²) in [6.07, 6.45) is 1.72. The van der Waals surface area contributed by atoms with Crippen LogP contribution in [-0.4, -0.2) is 46.9 Å². The van der Waals surface area contributed by atoms with Crippen LogP contribution in [0, 0.1) is 0 Å². The lowest BCUT2D eigenvalue weighted by Gasteiger charge is -2.28. The summed E-state index contributed by atoms with van der Waals surface area (Å²) >= 11 is 5.91. The highest BCUT2D eigenvalue weighted by Crippen LogP contribution is 2.24. The molecule has 1 N–H and O–H groups in total. The van der Waals surface area contributed by atoms with Crippen LogP contribution in [0.15, 0.2) is 24.3 Å². The molecule has 1 aromatic carbocycles. The van der Waals surface area contributed by atoms with Crippen molar-refractivity contribution < 1.29 is 17.9 Å². The van der Waals surface area contributed by atoms with Crippen molar-refractivity contribution in [2.75, 3.05) is 30.8 Å². The molecule has 124 valence electrons. The van der Waals surface area contributed by atoms with E-state index in [1.165, 1.54) is 13.0 Å².